The van der Waals surface area contributed by atoms with Crippen LogP contribution in [0.15, 0.2) is 22.8 Å². The molecule has 0 saturated heterocycles. The van der Waals surface area contributed by atoms with Crippen molar-refractivity contribution in [3.8, 4) is 0 Å². The van der Waals surface area contributed by atoms with E-state index < -0.39 is 11.5 Å². The first kappa shape index (κ1) is 17.2. The van der Waals surface area contributed by atoms with Gasteiger partial charge in [-0.3, -0.25) is 9.59 Å². The molecule has 25 heavy (non-hydrogen) atoms. The Morgan fingerprint density at radius 3 is 2.64 bits per heavy atom. The molecule has 0 aromatic carbocycles. The van der Waals surface area contributed by atoms with Crippen molar-refractivity contribution in [1.29, 1.82) is 0 Å². The van der Waals surface area contributed by atoms with Crippen LogP contribution < -0.4 is 0 Å². The maximum Gasteiger partial charge on any atom is 0.167 e. The van der Waals surface area contributed by atoms with Crippen LogP contribution in [0.25, 0.3) is 0 Å². The Balaban J connectivity index is 1.72. The Hall–Kier alpha value is -1.22. The minimum Gasteiger partial charge on any atom is -0.386 e. The van der Waals surface area contributed by atoms with Gasteiger partial charge in [0.1, 0.15) is 6.10 Å². The average Bonchev–Trinajstić information content (AvgIpc) is 2.86. The number of rotatable bonds is 2. The highest BCUT2D eigenvalue weighted by atomic mass is 16.3. The molecule has 0 aliphatic heterocycles. The lowest BCUT2D eigenvalue weighted by Crippen LogP contribution is -2.50. The van der Waals surface area contributed by atoms with Gasteiger partial charge in [-0.1, -0.05) is 19.4 Å². The first-order chi connectivity index (χ1) is 11.8. The Bertz CT molecular complexity index is 698. The molecule has 4 aliphatic carbocycles. The Morgan fingerprint density at radius 1 is 1.16 bits per heavy atom. The fourth-order valence-corrected chi connectivity index (χ4v) is 6.67. The third kappa shape index (κ3) is 2.27. The predicted molar refractivity (Wildman–Crippen MR) is 96.9 cm³/mol. The zero-order valence-electron chi connectivity index (χ0n) is 15.7. The van der Waals surface area contributed by atoms with Gasteiger partial charge in [-0.05, 0) is 86.3 Å². The van der Waals surface area contributed by atoms with E-state index in [2.05, 4.69) is 13.8 Å². The van der Waals surface area contributed by atoms with Gasteiger partial charge in [0.25, 0.3) is 0 Å². The summed E-state index contributed by atoms with van der Waals surface area (Å²) in [5.74, 6) is 1.43. The first-order valence-corrected chi connectivity index (χ1v) is 9.96. The zero-order chi connectivity index (χ0) is 18.0. The van der Waals surface area contributed by atoms with E-state index in [0.717, 1.165) is 44.9 Å². The fourth-order valence-electron chi connectivity index (χ4n) is 6.67. The summed E-state index contributed by atoms with van der Waals surface area (Å²) >= 11 is 0. The molecular weight excluding hydrogens is 312 g/mol. The molecule has 5 atom stereocenters. The summed E-state index contributed by atoms with van der Waals surface area (Å²) in [6.45, 7) is 6.03. The number of aliphatic hydroxyl groups is 1. The topological polar surface area (TPSA) is 54.4 Å². The van der Waals surface area contributed by atoms with Gasteiger partial charge in [0, 0.05) is 11.8 Å². The summed E-state index contributed by atoms with van der Waals surface area (Å²) < 4.78 is 0. The minimum atomic E-state index is -0.870. The number of hydrogen-bond donors (Lipinski definition) is 1. The molecule has 0 unspecified atom stereocenters. The second kappa shape index (κ2) is 5.64. The van der Waals surface area contributed by atoms with Gasteiger partial charge in [-0.25, -0.2) is 0 Å². The summed E-state index contributed by atoms with van der Waals surface area (Å²) in [7, 11) is 0. The maximum absolute atomic E-state index is 12.8. The molecule has 3 heteroatoms. The third-order valence-corrected chi connectivity index (χ3v) is 8.26. The molecule has 0 radical (unpaired) electrons. The number of hydrogen-bond acceptors (Lipinski definition) is 3. The van der Waals surface area contributed by atoms with Crippen molar-refractivity contribution in [3.63, 3.8) is 0 Å². The summed E-state index contributed by atoms with van der Waals surface area (Å²) in [5, 5.41) is 9.96. The molecular formula is C22H30O3. The molecule has 136 valence electrons. The normalized spacial score (nSPS) is 41.6. The lowest BCUT2D eigenvalue weighted by atomic mass is 9.51. The molecule has 0 spiro atoms. The van der Waals surface area contributed by atoms with Crippen LogP contribution >= 0.6 is 0 Å². The Labute approximate surface area is 150 Å². The quantitative estimate of drug-likeness (QED) is 0.820. The van der Waals surface area contributed by atoms with Crippen LogP contribution in [0.2, 0.25) is 0 Å². The van der Waals surface area contributed by atoms with E-state index in [1.165, 1.54) is 11.1 Å². The van der Waals surface area contributed by atoms with Crippen molar-refractivity contribution < 1.29 is 14.7 Å². The van der Waals surface area contributed by atoms with E-state index in [1.807, 2.05) is 6.08 Å². The van der Waals surface area contributed by atoms with E-state index in [1.54, 1.807) is 12.5 Å². The second-order valence-corrected chi connectivity index (χ2v) is 9.22. The smallest absolute Gasteiger partial charge is 0.167 e. The third-order valence-electron chi connectivity index (χ3n) is 8.26. The minimum absolute atomic E-state index is 0.0124. The summed E-state index contributed by atoms with van der Waals surface area (Å²) in [5.41, 5.74) is 3.96. The van der Waals surface area contributed by atoms with Crippen molar-refractivity contribution in [3.05, 3.63) is 22.8 Å². The number of Topliss-reactive ketones (excluding diaryl/α,β-unsaturated/α-hetero) is 1. The highest BCUT2D eigenvalue weighted by Gasteiger charge is 2.62. The van der Waals surface area contributed by atoms with E-state index in [0.29, 0.717) is 18.3 Å². The van der Waals surface area contributed by atoms with Crippen molar-refractivity contribution >= 4 is 11.6 Å². The molecule has 0 amide bonds. The SMILES string of the molecule is C[C@@H](O)C(=O)[C@@]1(C)CC[C@H]2[C@@H]3CCC4=CC(=O)CCC4=C3CC[C@@]21C. The maximum atomic E-state index is 12.8. The fraction of sp³-hybridized carbons (Fsp3) is 0.727. The van der Waals surface area contributed by atoms with E-state index >= 15 is 0 Å². The molecule has 0 bridgehead atoms. The van der Waals surface area contributed by atoms with Gasteiger partial charge < -0.3 is 5.11 Å². The standard InChI is InChI=1S/C22H30O3/c1-13(23)20(25)22(3)11-9-19-18-6-4-14-12-15(24)5-7-16(14)17(18)8-10-21(19,22)2/h12-13,18-19,23H,4-11H2,1-3H3/t13-,18-,19+,21+,22-/m1/s1. The van der Waals surface area contributed by atoms with Crippen LogP contribution in [0.1, 0.15) is 72.1 Å². The van der Waals surface area contributed by atoms with Crippen LogP contribution in [-0.2, 0) is 9.59 Å². The second-order valence-electron chi connectivity index (χ2n) is 9.22. The highest BCUT2D eigenvalue weighted by molar-refractivity contribution is 5.93. The largest absolute Gasteiger partial charge is 0.386 e. The van der Waals surface area contributed by atoms with Crippen LogP contribution in [-0.4, -0.2) is 22.8 Å². The summed E-state index contributed by atoms with van der Waals surface area (Å²) in [6.07, 6.45) is 8.82. The van der Waals surface area contributed by atoms with Crippen LogP contribution in [0.3, 0.4) is 0 Å². The lowest BCUT2D eigenvalue weighted by Gasteiger charge is -2.52. The predicted octanol–water partition coefficient (Wildman–Crippen LogP) is 4.15. The molecule has 0 aromatic heterocycles. The van der Waals surface area contributed by atoms with Gasteiger partial charge >= 0.3 is 0 Å². The molecule has 0 heterocycles. The molecule has 3 nitrogen and oxygen atoms in total. The molecule has 2 fully saturated rings. The van der Waals surface area contributed by atoms with E-state index in [9.17, 15) is 14.7 Å². The van der Waals surface area contributed by atoms with Crippen molar-refractivity contribution in [2.45, 2.75) is 78.2 Å². The monoisotopic (exact) mass is 342 g/mol. The molecule has 4 aliphatic rings. The average molecular weight is 342 g/mol. The van der Waals surface area contributed by atoms with Crippen molar-refractivity contribution in [1.82, 2.24) is 0 Å². The van der Waals surface area contributed by atoms with Gasteiger partial charge in [0.05, 0.1) is 0 Å². The van der Waals surface area contributed by atoms with Crippen molar-refractivity contribution in [2.75, 3.05) is 0 Å². The number of carbonyl (C=O) groups excluding carboxylic acids is 2. The highest BCUT2D eigenvalue weighted by Crippen LogP contribution is 2.67. The lowest BCUT2D eigenvalue weighted by molar-refractivity contribution is -0.144. The number of carbonyl (C=O) groups is 2. The molecule has 2 saturated carbocycles. The number of aliphatic hydroxyl groups excluding tert-OH is 1. The van der Waals surface area contributed by atoms with Crippen LogP contribution in [0.4, 0.5) is 0 Å². The van der Waals surface area contributed by atoms with Crippen LogP contribution in [0.5, 0.6) is 0 Å². The Kier molecular flexibility index (Phi) is 3.88. The number of allylic oxidation sites excluding steroid dienone is 4. The first-order valence-electron chi connectivity index (χ1n) is 9.96. The number of ketones is 2. The van der Waals surface area contributed by atoms with Crippen molar-refractivity contribution in [2.24, 2.45) is 22.7 Å². The van der Waals surface area contributed by atoms with Gasteiger partial charge in [-0.2, -0.15) is 0 Å². The van der Waals surface area contributed by atoms with E-state index in [4.69, 9.17) is 0 Å². The van der Waals surface area contributed by atoms with Gasteiger partial charge in [0.2, 0.25) is 0 Å². The molecule has 1 N–H and O–H groups in total. The Morgan fingerprint density at radius 2 is 1.92 bits per heavy atom. The van der Waals surface area contributed by atoms with Gasteiger partial charge in [0.15, 0.2) is 11.6 Å². The number of fused-ring (bicyclic) bond motifs is 4. The summed E-state index contributed by atoms with van der Waals surface area (Å²) in [4.78, 5) is 24.6. The van der Waals surface area contributed by atoms with Crippen LogP contribution in [0, 0.1) is 22.7 Å². The summed E-state index contributed by atoms with van der Waals surface area (Å²) in [6, 6.07) is 0. The van der Waals surface area contributed by atoms with Gasteiger partial charge in [-0.15, -0.1) is 0 Å². The van der Waals surface area contributed by atoms with E-state index in [-0.39, 0.29) is 17.0 Å². The zero-order valence-corrected chi connectivity index (χ0v) is 15.7. The molecule has 0 aromatic rings. The molecule has 4 rings (SSSR count).